The Morgan fingerprint density at radius 3 is 0.706 bits per heavy atom. The highest BCUT2D eigenvalue weighted by molar-refractivity contribution is 6.60. The number of hydrogen-bond donors (Lipinski definition) is 0. The minimum Gasteiger partial charge on any atom is -0.457 e. The van der Waals surface area contributed by atoms with E-state index in [0.717, 1.165) is 78.3 Å². The number of rotatable bonds is 12. The Morgan fingerprint density at radius 2 is 0.412 bits per heavy atom. The maximum Gasteiger partial charge on any atom is 0.195 e. The van der Waals surface area contributed by atoms with E-state index in [1.165, 1.54) is 0 Å². The number of benzene rings is 9. The number of para-hydroxylation sites is 2. The van der Waals surface area contributed by atoms with Crippen LogP contribution >= 0.6 is 0 Å². The van der Waals surface area contributed by atoms with Crippen molar-refractivity contribution in [3.63, 3.8) is 0 Å². The monoisotopic (exact) mass is 874 g/mol. The van der Waals surface area contributed by atoms with Crippen LogP contribution in [0.5, 0.6) is 23.0 Å². The quantitative estimate of drug-likeness (QED) is 0.123. The number of ketones is 2. The van der Waals surface area contributed by atoms with E-state index in [2.05, 4.69) is 18.2 Å². The molecule has 0 saturated heterocycles. The van der Waals surface area contributed by atoms with Crippen molar-refractivity contribution in [2.24, 2.45) is 0 Å². The van der Waals surface area contributed by atoms with Gasteiger partial charge in [0, 0.05) is 44.6 Å². The Kier molecular flexibility index (Phi) is 11.3. The number of carbonyl (C=O) groups excluding carboxylic acids is 2. The van der Waals surface area contributed by atoms with Gasteiger partial charge in [0.05, 0.1) is 0 Å². The normalized spacial score (nSPS) is 13.7. The summed E-state index contributed by atoms with van der Waals surface area (Å²) in [6.07, 6.45) is 0. The zero-order valence-corrected chi connectivity index (χ0v) is 36.9. The summed E-state index contributed by atoms with van der Waals surface area (Å²) in [6, 6.07) is 83.3. The molecule has 11 rings (SSSR count). The lowest BCUT2D eigenvalue weighted by atomic mass is 9.85. The third kappa shape index (κ3) is 8.01. The summed E-state index contributed by atoms with van der Waals surface area (Å²) in [6.45, 7) is 0. The predicted molar refractivity (Wildman–Crippen MR) is 275 cm³/mol. The van der Waals surface area contributed by atoms with Crippen LogP contribution in [0.2, 0.25) is 0 Å². The molecule has 2 aliphatic rings. The molecule has 2 aliphatic carbocycles. The molecule has 0 radical (unpaired) electrons. The summed E-state index contributed by atoms with van der Waals surface area (Å²) in [7, 11) is 0. The number of Topliss-reactive ketones (excluding diaryl/α,β-unsaturated/α-hetero) is 2. The van der Waals surface area contributed by atoms with Crippen LogP contribution in [0, 0.1) is 0 Å². The summed E-state index contributed by atoms with van der Waals surface area (Å²) in [4.78, 5) is 30.7. The van der Waals surface area contributed by atoms with E-state index < -0.39 is 0 Å². The highest BCUT2D eigenvalue weighted by Crippen LogP contribution is 2.53. The van der Waals surface area contributed by atoms with Gasteiger partial charge in [-0.2, -0.15) is 0 Å². The molecule has 0 aromatic heterocycles. The van der Waals surface area contributed by atoms with Gasteiger partial charge in [-0.1, -0.05) is 200 Å². The van der Waals surface area contributed by atoms with Crippen molar-refractivity contribution in [1.29, 1.82) is 0 Å². The topological polar surface area (TPSA) is 52.6 Å². The van der Waals surface area contributed by atoms with Crippen molar-refractivity contribution in [2.45, 2.75) is 0 Å². The fraction of sp³-hybridized carbons (Fsp3) is 0. The Morgan fingerprint density at radius 1 is 0.191 bits per heavy atom. The molecule has 0 aliphatic heterocycles. The molecule has 0 heterocycles. The van der Waals surface area contributed by atoms with Crippen LogP contribution in [0.4, 0.5) is 0 Å². The lowest BCUT2D eigenvalue weighted by Crippen LogP contribution is -2.02. The van der Waals surface area contributed by atoms with Crippen molar-refractivity contribution in [1.82, 2.24) is 0 Å². The molecule has 0 spiro atoms. The van der Waals surface area contributed by atoms with E-state index in [1.807, 2.05) is 237 Å². The van der Waals surface area contributed by atoms with Crippen molar-refractivity contribution in [3.05, 3.63) is 299 Å². The molecular formula is C64H42O4. The highest BCUT2D eigenvalue weighted by atomic mass is 16.5. The van der Waals surface area contributed by atoms with Gasteiger partial charge in [-0.05, 0) is 99.1 Å². The Labute approximate surface area is 395 Å². The molecule has 9 aromatic rings. The molecule has 0 fully saturated rings. The Hall–Kier alpha value is -9.12. The Bertz CT molecular complexity index is 3210. The van der Waals surface area contributed by atoms with Gasteiger partial charge in [-0.15, -0.1) is 0 Å². The molecule has 4 nitrogen and oxygen atoms in total. The molecule has 68 heavy (non-hydrogen) atoms. The standard InChI is InChI=1S/C64H42O4/c65-63-59(43-20-7-1-8-21-43)55(47-34-38-53(39-35-47)67-51-30-15-5-16-31-51)57(61(63)45-24-11-3-12-25-45)49-28-19-29-50(42-49)58-56(48-36-40-54(41-37-48)68-52-32-17-6-18-33-52)60(44-22-9-2-10-23-44)64(66)62(58)46-26-13-4-14-27-46/h1-42H. The summed E-state index contributed by atoms with van der Waals surface area (Å²) >= 11 is 0. The lowest BCUT2D eigenvalue weighted by Gasteiger charge is -2.18. The predicted octanol–water partition coefficient (Wildman–Crippen LogP) is 15.5. The van der Waals surface area contributed by atoms with Crippen molar-refractivity contribution >= 4 is 56.2 Å². The van der Waals surface area contributed by atoms with Crippen molar-refractivity contribution in [2.75, 3.05) is 0 Å². The first-order valence-corrected chi connectivity index (χ1v) is 22.7. The van der Waals surface area contributed by atoms with Crippen LogP contribution < -0.4 is 9.47 Å². The molecule has 0 saturated carbocycles. The zero-order valence-electron chi connectivity index (χ0n) is 36.9. The summed E-state index contributed by atoms with van der Waals surface area (Å²) in [5.41, 5.74) is 12.4. The van der Waals surface area contributed by atoms with E-state index in [9.17, 15) is 0 Å². The highest BCUT2D eigenvalue weighted by Gasteiger charge is 2.38. The molecule has 9 aromatic carbocycles. The van der Waals surface area contributed by atoms with Gasteiger partial charge < -0.3 is 9.47 Å². The number of hydrogen-bond acceptors (Lipinski definition) is 4. The second-order valence-electron chi connectivity index (χ2n) is 16.6. The summed E-state index contributed by atoms with van der Waals surface area (Å²) in [5, 5.41) is 0. The third-order valence-electron chi connectivity index (χ3n) is 12.3. The molecule has 0 amide bonds. The fourth-order valence-corrected chi connectivity index (χ4v) is 9.34. The van der Waals surface area contributed by atoms with Gasteiger partial charge in [-0.3, -0.25) is 9.59 Å². The van der Waals surface area contributed by atoms with Crippen LogP contribution in [-0.2, 0) is 9.59 Å². The van der Waals surface area contributed by atoms with Gasteiger partial charge in [0.2, 0.25) is 0 Å². The van der Waals surface area contributed by atoms with Crippen LogP contribution in [0.3, 0.4) is 0 Å². The Balaban J connectivity index is 1.13. The number of carbonyl (C=O) groups is 2. The van der Waals surface area contributed by atoms with Gasteiger partial charge >= 0.3 is 0 Å². The molecule has 0 atom stereocenters. The van der Waals surface area contributed by atoms with Gasteiger partial charge in [0.25, 0.3) is 0 Å². The van der Waals surface area contributed by atoms with E-state index in [1.54, 1.807) is 0 Å². The average Bonchev–Trinajstić information content (AvgIpc) is 3.89. The van der Waals surface area contributed by atoms with Crippen LogP contribution in [0.1, 0.15) is 44.5 Å². The van der Waals surface area contributed by atoms with Crippen molar-refractivity contribution < 1.29 is 19.1 Å². The van der Waals surface area contributed by atoms with Gasteiger partial charge in [0.1, 0.15) is 23.0 Å². The van der Waals surface area contributed by atoms with E-state index >= 15 is 9.59 Å². The SMILES string of the molecule is O=C1C(c2ccccc2)=C(c2ccc(Oc3ccccc3)cc2)C(c2cccc(C3=C(c4ccccc4)C(=O)C(c4ccccc4)=C3c3ccc(Oc4ccccc4)cc3)c2)=C1c1ccccc1. The number of allylic oxidation sites excluding steroid dienone is 8. The van der Waals surface area contributed by atoms with Crippen molar-refractivity contribution in [3.8, 4) is 23.0 Å². The van der Waals surface area contributed by atoms with Crippen LogP contribution in [0.25, 0.3) is 44.6 Å². The minimum atomic E-state index is -0.0626. The fourth-order valence-electron chi connectivity index (χ4n) is 9.34. The van der Waals surface area contributed by atoms with Gasteiger partial charge in [-0.25, -0.2) is 0 Å². The first-order valence-electron chi connectivity index (χ1n) is 22.7. The smallest absolute Gasteiger partial charge is 0.195 e. The average molecular weight is 875 g/mol. The maximum atomic E-state index is 15.4. The second kappa shape index (κ2) is 18.4. The second-order valence-corrected chi connectivity index (χ2v) is 16.6. The third-order valence-corrected chi connectivity index (χ3v) is 12.3. The van der Waals surface area contributed by atoms with E-state index in [-0.39, 0.29) is 11.6 Å². The maximum absolute atomic E-state index is 15.4. The summed E-state index contributed by atoms with van der Waals surface area (Å²) in [5.74, 6) is 2.71. The molecule has 0 N–H and O–H groups in total. The lowest BCUT2D eigenvalue weighted by molar-refractivity contribution is -0.109. The molecule has 0 bridgehead atoms. The van der Waals surface area contributed by atoms with Crippen LogP contribution in [0.15, 0.2) is 255 Å². The van der Waals surface area contributed by atoms with Gasteiger partial charge in [0.15, 0.2) is 11.6 Å². The first kappa shape index (κ1) is 41.6. The van der Waals surface area contributed by atoms with Crippen LogP contribution in [-0.4, -0.2) is 11.6 Å². The largest absolute Gasteiger partial charge is 0.457 e. The molecular weight excluding hydrogens is 833 g/mol. The van der Waals surface area contributed by atoms with E-state index in [0.29, 0.717) is 33.8 Å². The zero-order chi connectivity index (χ0) is 45.8. The molecule has 0 unspecified atom stereocenters. The van der Waals surface area contributed by atoms with E-state index in [4.69, 9.17) is 9.47 Å². The minimum absolute atomic E-state index is 0.0626. The molecule has 4 heteroatoms. The molecule has 322 valence electrons. The number of ether oxygens (including phenoxy) is 2. The summed E-state index contributed by atoms with van der Waals surface area (Å²) < 4.78 is 12.5. The first-order chi connectivity index (χ1) is 33.6.